The highest BCUT2D eigenvalue weighted by Gasteiger charge is 2.16. The molecule has 0 heterocycles. The van der Waals surface area contributed by atoms with Crippen molar-refractivity contribution in [3.05, 3.63) is 53.6 Å². The molecule has 0 bridgehead atoms. The average Bonchev–Trinajstić information content (AvgIpc) is 2.47. The van der Waals surface area contributed by atoms with Crippen LogP contribution in [0.4, 0.5) is 0 Å². The molecule has 2 aromatic carbocycles. The van der Waals surface area contributed by atoms with Gasteiger partial charge in [0.25, 0.3) is 0 Å². The van der Waals surface area contributed by atoms with Crippen molar-refractivity contribution in [1.82, 2.24) is 0 Å². The number of thioether (sulfide) groups is 1. The molecule has 0 aliphatic rings. The van der Waals surface area contributed by atoms with Gasteiger partial charge in [0.1, 0.15) is 17.1 Å². The lowest BCUT2D eigenvalue weighted by Gasteiger charge is -2.12. The smallest absolute Gasteiger partial charge is 0.340 e. The first-order valence-corrected chi connectivity index (χ1v) is 7.54. The summed E-state index contributed by atoms with van der Waals surface area (Å²) in [6.45, 7) is 0.480. The fraction of sp³-hybridized carbons (Fsp3) is 0.188. The number of hydrogen-bond donors (Lipinski definition) is 1. The van der Waals surface area contributed by atoms with Gasteiger partial charge in [0, 0.05) is 12.0 Å². The lowest BCUT2D eigenvalue weighted by Crippen LogP contribution is -2.02. The van der Waals surface area contributed by atoms with Crippen molar-refractivity contribution >= 4 is 17.7 Å². The number of rotatable bonds is 6. The van der Waals surface area contributed by atoms with Crippen molar-refractivity contribution in [2.24, 2.45) is 0 Å². The zero-order valence-corrected chi connectivity index (χ0v) is 12.6. The van der Waals surface area contributed by atoms with E-state index >= 15 is 0 Å². The Labute approximate surface area is 127 Å². The van der Waals surface area contributed by atoms with Crippen molar-refractivity contribution in [3.63, 3.8) is 0 Å². The van der Waals surface area contributed by atoms with Gasteiger partial charge in [-0.2, -0.15) is 0 Å². The summed E-state index contributed by atoms with van der Waals surface area (Å²) in [5, 5.41) is 9.38. The predicted molar refractivity (Wildman–Crippen MR) is 82.4 cm³/mol. The lowest BCUT2D eigenvalue weighted by atomic mass is 10.2. The summed E-state index contributed by atoms with van der Waals surface area (Å²) in [5.74, 6) is -0.0720. The molecule has 0 radical (unpaired) electrons. The Morgan fingerprint density at radius 1 is 1.24 bits per heavy atom. The molecule has 110 valence electrons. The van der Waals surface area contributed by atoms with Crippen LogP contribution in [0.1, 0.15) is 15.9 Å². The topological polar surface area (TPSA) is 55.8 Å². The molecule has 1 N–H and O–H groups in total. The molecule has 5 heteroatoms. The lowest BCUT2D eigenvalue weighted by molar-refractivity contribution is 0.0690. The van der Waals surface area contributed by atoms with Gasteiger partial charge in [-0.1, -0.05) is 18.2 Å². The Kier molecular flexibility index (Phi) is 5.25. The van der Waals surface area contributed by atoms with Gasteiger partial charge < -0.3 is 14.6 Å². The third-order valence-electron chi connectivity index (χ3n) is 2.86. The fourth-order valence-corrected chi connectivity index (χ4v) is 2.58. The van der Waals surface area contributed by atoms with E-state index in [-0.39, 0.29) is 5.56 Å². The number of ether oxygens (including phenoxy) is 2. The minimum atomic E-state index is -0.997. The van der Waals surface area contributed by atoms with Crippen molar-refractivity contribution in [1.29, 1.82) is 0 Å². The highest BCUT2D eigenvalue weighted by atomic mass is 32.2. The largest absolute Gasteiger partial charge is 0.478 e. The monoisotopic (exact) mass is 304 g/mol. The van der Waals surface area contributed by atoms with Crippen LogP contribution in [0, 0.1) is 0 Å². The van der Waals surface area contributed by atoms with Gasteiger partial charge in [-0.25, -0.2) is 4.79 Å². The molecule has 0 unspecified atom stereocenters. The highest BCUT2D eigenvalue weighted by Crippen LogP contribution is 2.32. The molecule has 0 spiro atoms. The van der Waals surface area contributed by atoms with Crippen LogP contribution in [-0.4, -0.2) is 24.4 Å². The van der Waals surface area contributed by atoms with Gasteiger partial charge in [-0.3, -0.25) is 0 Å². The van der Waals surface area contributed by atoms with Gasteiger partial charge in [-0.05, 0) is 36.1 Å². The second-order valence-corrected chi connectivity index (χ2v) is 5.17. The number of benzene rings is 2. The molecule has 0 saturated heterocycles. The van der Waals surface area contributed by atoms with Crippen LogP contribution in [-0.2, 0) is 11.3 Å². The van der Waals surface area contributed by atoms with E-state index in [0.717, 1.165) is 5.56 Å². The van der Waals surface area contributed by atoms with Gasteiger partial charge in [0.15, 0.2) is 0 Å². The van der Waals surface area contributed by atoms with Gasteiger partial charge in [0.2, 0.25) is 0 Å². The molecular weight excluding hydrogens is 288 g/mol. The molecule has 0 aromatic heterocycles. The van der Waals surface area contributed by atoms with Gasteiger partial charge in [-0.15, -0.1) is 11.8 Å². The van der Waals surface area contributed by atoms with Crippen molar-refractivity contribution < 1.29 is 19.4 Å². The first-order chi connectivity index (χ1) is 10.2. The minimum Gasteiger partial charge on any atom is -0.478 e. The molecule has 2 aromatic rings. The van der Waals surface area contributed by atoms with E-state index in [1.165, 1.54) is 11.8 Å². The maximum Gasteiger partial charge on any atom is 0.340 e. The summed E-state index contributed by atoms with van der Waals surface area (Å²) in [6.07, 6.45) is 1.84. The Balaban J connectivity index is 2.35. The van der Waals surface area contributed by atoms with E-state index < -0.39 is 5.97 Å². The zero-order chi connectivity index (χ0) is 15.2. The molecule has 2 rings (SSSR count). The fourth-order valence-electron chi connectivity index (χ4n) is 1.97. The SMILES string of the molecule is COCc1cccc(Oc2cccc(SC)c2C(=O)O)c1. The quantitative estimate of drug-likeness (QED) is 0.816. The second-order valence-electron chi connectivity index (χ2n) is 4.32. The summed E-state index contributed by atoms with van der Waals surface area (Å²) < 4.78 is 10.8. The molecule has 0 saturated carbocycles. The van der Waals surface area contributed by atoms with E-state index in [4.69, 9.17) is 9.47 Å². The van der Waals surface area contributed by atoms with E-state index in [2.05, 4.69) is 0 Å². The Hall–Kier alpha value is -1.98. The summed E-state index contributed by atoms with van der Waals surface area (Å²) >= 11 is 1.38. The third-order valence-corrected chi connectivity index (χ3v) is 3.64. The van der Waals surface area contributed by atoms with Crippen LogP contribution in [0.3, 0.4) is 0 Å². The van der Waals surface area contributed by atoms with Gasteiger partial charge in [0.05, 0.1) is 6.61 Å². The summed E-state index contributed by atoms with van der Waals surface area (Å²) in [4.78, 5) is 12.1. The number of aromatic carboxylic acids is 1. The first-order valence-electron chi connectivity index (χ1n) is 6.31. The summed E-state index contributed by atoms with van der Waals surface area (Å²) in [5.41, 5.74) is 1.15. The Morgan fingerprint density at radius 3 is 2.67 bits per heavy atom. The molecule has 0 amide bonds. The second kappa shape index (κ2) is 7.15. The highest BCUT2D eigenvalue weighted by molar-refractivity contribution is 7.98. The maximum absolute atomic E-state index is 11.4. The summed E-state index contributed by atoms with van der Waals surface area (Å²) in [7, 11) is 1.62. The number of carbonyl (C=O) groups is 1. The Bertz CT molecular complexity index is 640. The van der Waals surface area contributed by atoms with E-state index in [1.807, 2.05) is 24.5 Å². The molecule has 0 atom stereocenters. The van der Waals surface area contributed by atoms with Crippen LogP contribution in [0.25, 0.3) is 0 Å². The van der Waals surface area contributed by atoms with E-state index in [9.17, 15) is 9.90 Å². The van der Waals surface area contributed by atoms with Crippen LogP contribution < -0.4 is 4.74 Å². The minimum absolute atomic E-state index is 0.183. The van der Waals surface area contributed by atoms with Crippen LogP contribution in [0.15, 0.2) is 47.4 Å². The molecule has 0 aliphatic carbocycles. The normalized spacial score (nSPS) is 10.4. The molecule has 4 nitrogen and oxygen atoms in total. The van der Waals surface area contributed by atoms with Crippen molar-refractivity contribution in [3.8, 4) is 11.5 Å². The zero-order valence-electron chi connectivity index (χ0n) is 11.8. The third kappa shape index (κ3) is 3.77. The van der Waals surface area contributed by atoms with Crippen molar-refractivity contribution in [2.45, 2.75) is 11.5 Å². The molecule has 0 aliphatic heterocycles. The first kappa shape index (κ1) is 15.4. The summed E-state index contributed by atoms with van der Waals surface area (Å²) in [6, 6.07) is 12.6. The van der Waals surface area contributed by atoms with Crippen LogP contribution in [0.2, 0.25) is 0 Å². The Morgan fingerprint density at radius 2 is 2.00 bits per heavy atom. The molecule has 0 fully saturated rings. The van der Waals surface area contributed by atoms with Crippen LogP contribution in [0.5, 0.6) is 11.5 Å². The predicted octanol–water partition coefficient (Wildman–Crippen LogP) is 4.05. The number of carboxylic acids is 1. The maximum atomic E-state index is 11.4. The van der Waals surface area contributed by atoms with Crippen LogP contribution >= 0.6 is 11.8 Å². The standard InChI is InChI=1S/C16H16O4S/c1-19-10-11-5-3-6-12(9-11)20-13-7-4-8-14(21-2)15(13)16(17)18/h3-9H,10H2,1-2H3,(H,17,18). The number of hydrogen-bond acceptors (Lipinski definition) is 4. The number of methoxy groups -OCH3 is 1. The molecular formula is C16H16O4S. The van der Waals surface area contributed by atoms with E-state index in [0.29, 0.717) is 23.0 Å². The van der Waals surface area contributed by atoms with Gasteiger partial charge >= 0.3 is 5.97 Å². The van der Waals surface area contributed by atoms with Crippen molar-refractivity contribution in [2.75, 3.05) is 13.4 Å². The van der Waals surface area contributed by atoms with E-state index in [1.54, 1.807) is 31.4 Å². The number of carboxylic acid groups (broad SMARTS) is 1. The molecule has 21 heavy (non-hydrogen) atoms. The average molecular weight is 304 g/mol.